The minimum absolute atomic E-state index is 0.0227. The van der Waals surface area contributed by atoms with E-state index < -0.39 is 6.04 Å². The summed E-state index contributed by atoms with van der Waals surface area (Å²) in [6, 6.07) is 8.62. The lowest BCUT2D eigenvalue weighted by Crippen LogP contribution is -2.49. The van der Waals surface area contributed by atoms with Gasteiger partial charge in [0.1, 0.15) is 17.5 Å². The van der Waals surface area contributed by atoms with Crippen LogP contribution in [0, 0.1) is 12.8 Å². The minimum Gasteiger partial charge on any atom is -0.361 e. The van der Waals surface area contributed by atoms with Gasteiger partial charge in [-0.25, -0.2) is 0 Å². The fourth-order valence-electron chi connectivity index (χ4n) is 2.67. The molecule has 2 amide bonds. The lowest BCUT2D eigenvalue weighted by Gasteiger charge is -2.22. The monoisotopic (exact) mass is 371 g/mol. The summed E-state index contributed by atoms with van der Waals surface area (Å²) in [7, 11) is 0. The molecule has 1 heterocycles. The van der Waals surface area contributed by atoms with Crippen molar-refractivity contribution in [1.29, 1.82) is 0 Å². The summed E-state index contributed by atoms with van der Waals surface area (Å²) >= 11 is 0. The molecule has 27 heavy (non-hydrogen) atoms. The van der Waals surface area contributed by atoms with E-state index in [2.05, 4.69) is 36.6 Å². The standard InChI is InChI=1S/C21H29N3O3/c1-13(2)18(20(26)22-12-17-11-14(3)27-24-17)23-19(25)15-7-9-16(10-8-15)21(4,5)6/h7-11,13,18H,12H2,1-6H3,(H,22,26)(H,23,25). The van der Waals surface area contributed by atoms with Gasteiger partial charge >= 0.3 is 0 Å². The summed E-state index contributed by atoms with van der Waals surface area (Å²) in [5, 5.41) is 9.49. The number of hydrogen-bond donors (Lipinski definition) is 2. The Balaban J connectivity index is 2.01. The molecule has 0 aliphatic rings. The first kappa shape index (κ1) is 20.7. The summed E-state index contributed by atoms with van der Waals surface area (Å²) in [4.78, 5) is 25.1. The van der Waals surface area contributed by atoms with Gasteiger partial charge in [-0.15, -0.1) is 0 Å². The molecule has 1 unspecified atom stereocenters. The van der Waals surface area contributed by atoms with Crippen molar-refractivity contribution in [3.05, 3.63) is 52.9 Å². The van der Waals surface area contributed by atoms with Gasteiger partial charge in [0.2, 0.25) is 5.91 Å². The van der Waals surface area contributed by atoms with Crippen LogP contribution in [0.2, 0.25) is 0 Å². The largest absolute Gasteiger partial charge is 0.361 e. The average molecular weight is 371 g/mol. The molecule has 0 fully saturated rings. The third kappa shape index (κ3) is 5.67. The van der Waals surface area contributed by atoms with Gasteiger partial charge in [-0.3, -0.25) is 9.59 Å². The van der Waals surface area contributed by atoms with Crippen LogP contribution in [0.1, 0.15) is 62.0 Å². The molecule has 1 aromatic heterocycles. The molecule has 2 rings (SSSR count). The molecule has 0 aliphatic heterocycles. The van der Waals surface area contributed by atoms with Gasteiger partial charge in [-0.2, -0.15) is 0 Å². The van der Waals surface area contributed by atoms with Crippen molar-refractivity contribution in [1.82, 2.24) is 15.8 Å². The van der Waals surface area contributed by atoms with Crippen LogP contribution in [0.15, 0.2) is 34.9 Å². The molecule has 6 nitrogen and oxygen atoms in total. The number of benzene rings is 1. The van der Waals surface area contributed by atoms with Crippen molar-refractivity contribution < 1.29 is 14.1 Å². The fraction of sp³-hybridized carbons (Fsp3) is 0.476. The van der Waals surface area contributed by atoms with E-state index in [1.165, 1.54) is 0 Å². The Morgan fingerprint density at radius 1 is 1.15 bits per heavy atom. The number of hydrogen-bond acceptors (Lipinski definition) is 4. The third-order valence-electron chi connectivity index (χ3n) is 4.37. The van der Waals surface area contributed by atoms with Gasteiger partial charge in [0.15, 0.2) is 0 Å². The first-order valence-corrected chi connectivity index (χ1v) is 9.19. The van der Waals surface area contributed by atoms with Gasteiger partial charge in [-0.05, 0) is 36.0 Å². The van der Waals surface area contributed by atoms with Gasteiger partial charge in [0.25, 0.3) is 5.91 Å². The second-order valence-corrected chi connectivity index (χ2v) is 8.17. The van der Waals surface area contributed by atoms with Crippen LogP contribution in [0.4, 0.5) is 0 Å². The second kappa shape index (κ2) is 8.37. The van der Waals surface area contributed by atoms with Crippen molar-refractivity contribution in [2.75, 3.05) is 0 Å². The van der Waals surface area contributed by atoms with Gasteiger partial charge in [0.05, 0.1) is 6.54 Å². The molecule has 0 spiro atoms. The smallest absolute Gasteiger partial charge is 0.251 e. The number of nitrogens with zero attached hydrogens (tertiary/aromatic N) is 1. The molecular formula is C21H29N3O3. The van der Waals surface area contributed by atoms with E-state index in [1.807, 2.05) is 26.0 Å². The van der Waals surface area contributed by atoms with E-state index in [0.29, 0.717) is 17.0 Å². The fourth-order valence-corrected chi connectivity index (χ4v) is 2.67. The van der Waals surface area contributed by atoms with Gasteiger partial charge in [0, 0.05) is 11.6 Å². The molecule has 0 bridgehead atoms. The first-order valence-electron chi connectivity index (χ1n) is 9.19. The van der Waals surface area contributed by atoms with Crippen LogP contribution in [0.3, 0.4) is 0 Å². The summed E-state index contributed by atoms with van der Waals surface area (Å²) in [5.41, 5.74) is 2.36. The normalized spacial score (nSPS) is 12.7. The van der Waals surface area contributed by atoms with Crippen molar-refractivity contribution in [3.8, 4) is 0 Å². The Bertz CT molecular complexity index is 786. The van der Waals surface area contributed by atoms with Crippen LogP contribution in [-0.4, -0.2) is 23.0 Å². The van der Waals surface area contributed by atoms with Crippen molar-refractivity contribution in [3.63, 3.8) is 0 Å². The van der Waals surface area contributed by atoms with E-state index in [-0.39, 0.29) is 29.7 Å². The van der Waals surface area contributed by atoms with Gasteiger partial charge < -0.3 is 15.2 Å². The van der Waals surface area contributed by atoms with Crippen molar-refractivity contribution in [2.24, 2.45) is 5.92 Å². The molecule has 0 radical (unpaired) electrons. The zero-order valence-corrected chi connectivity index (χ0v) is 16.9. The summed E-state index contributed by atoms with van der Waals surface area (Å²) in [6.07, 6.45) is 0. The second-order valence-electron chi connectivity index (χ2n) is 8.17. The number of aryl methyl sites for hydroxylation is 1. The Morgan fingerprint density at radius 2 is 1.78 bits per heavy atom. The molecule has 0 aliphatic carbocycles. The Labute approximate surface area is 160 Å². The van der Waals surface area contributed by atoms with E-state index in [0.717, 1.165) is 5.56 Å². The molecule has 0 saturated heterocycles. The summed E-state index contributed by atoms with van der Waals surface area (Å²) in [5.74, 6) is 0.125. The SMILES string of the molecule is Cc1cc(CNC(=O)C(NC(=O)c2ccc(C(C)(C)C)cc2)C(C)C)no1. The zero-order valence-electron chi connectivity index (χ0n) is 16.9. The highest BCUT2D eigenvalue weighted by Gasteiger charge is 2.25. The minimum atomic E-state index is -0.632. The van der Waals surface area contributed by atoms with Crippen LogP contribution < -0.4 is 10.6 Å². The summed E-state index contributed by atoms with van der Waals surface area (Å²) < 4.78 is 4.99. The predicted octanol–water partition coefficient (Wildman–Crippen LogP) is 3.35. The lowest BCUT2D eigenvalue weighted by atomic mass is 9.86. The highest BCUT2D eigenvalue weighted by Crippen LogP contribution is 2.22. The summed E-state index contributed by atoms with van der Waals surface area (Å²) in [6.45, 7) is 12.2. The van der Waals surface area contributed by atoms with E-state index in [1.54, 1.807) is 25.1 Å². The zero-order chi connectivity index (χ0) is 20.2. The van der Waals surface area contributed by atoms with E-state index in [9.17, 15) is 9.59 Å². The molecule has 0 saturated carbocycles. The average Bonchev–Trinajstić information content (AvgIpc) is 3.01. The van der Waals surface area contributed by atoms with E-state index in [4.69, 9.17) is 4.52 Å². The third-order valence-corrected chi connectivity index (χ3v) is 4.37. The first-order chi connectivity index (χ1) is 12.6. The number of carbonyl (C=O) groups is 2. The topological polar surface area (TPSA) is 84.2 Å². The predicted molar refractivity (Wildman–Crippen MR) is 104 cm³/mol. The number of rotatable bonds is 6. The Kier molecular flexibility index (Phi) is 6.41. The maximum Gasteiger partial charge on any atom is 0.251 e. The van der Waals surface area contributed by atoms with Crippen LogP contribution in [0.25, 0.3) is 0 Å². The molecule has 146 valence electrons. The van der Waals surface area contributed by atoms with E-state index >= 15 is 0 Å². The van der Waals surface area contributed by atoms with Crippen LogP contribution in [0.5, 0.6) is 0 Å². The molecular weight excluding hydrogens is 342 g/mol. The van der Waals surface area contributed by atoms with Crippen molar-refractivity contribution in [2.45, 2.75) is 59.5 Å². The molecule has 2 aromatic rings. The highest BCUT2D eigenvalue weighted by atomic mass is 16.5. The number of carbonyl (C=O) groups excluding carboxylic acids is 2. The van der Waals surface area contributed by atoms with Crippen LogP contribution >= 0.6 is 0 Å². The number of amides is 2. The number of nitrogens with one attached hydrogen (secondary N) is 2. The Morgan fingerprint density at radius 3 is 2.26 bits per heavy atom. The van der Waals surface area contributed by atoms with Gasteiger partial charge in [-0.1, -0.05) is 51.9 Å². The molecule has 2 N–H and O–H groups in total. The number of aromatic nitrogens is 1. The Hall–Kier alpha value is -2.63. The maximum atomic E-state index is 12.6. The highest BCUT2D eigenvalue weighted by molar-refractivity contribution is 5.97. The lowest BCUT2D eigenvalue weighted by molar-refractivity contribution is -0.124. The molecule has 1 atom stereocenters. The van der Waals surface area contributed by atoms with Crippen molar-refractivity contribution >= 4 is 11.8 Å². The molecule has 6 heteroatoms. The quantitative estimate of drug-likeness (QED) is 0.815. The molecule has 1 aromatic carbocycles. The van der Waals surface area contributed by atoms with Crippen LogP contribution in [-0.2, 0) is 16.8 Å². The maximum absolute atomic E-state index is 12.6.